The van der Waals surface area contributed by atoms with Gasteiger partial charge in [0.25, 0.3) is 0 Å². The zero-order valence-corrected chi connectivity index (χ0v) is 13.3. The minimum Gasteiger partial charge on any atom is -0.381 e. The molecule has 1 N–H and O–H groups in total. The number of halogens is 1. The number of nitrogens with one attached hydrogen (secondary N) is 1. The third kappa shape index (κ3) is 3.93. The number of aromatic nitrogens is 1. The number of rotatable bonds is 4. The molecule has 1 unspecified atom stereocenters. The normalized spacial score (nSPS) is 24.9. The highest BCUT2D eigenvalue weighted by molar-refractivity contribution is 9.10. The highest BCUT2D eigenvalue weighted by atomic mass is 79.9. The highest BCUT2D eigenvalue weighted by Crippen LogP contribution is 2.20. The Balaban J connectivity index is 1.42. The van der Waals surface area contributed by atoms with Crippen LogP contribution in [-0.4, -0.2) is 48.8 Å². The summed E-state index contributed by atoms with van der Waals surface area (Å²) in [5, 5.41) is 3.54. The molecule has 0 saturated carbocycles. The molecule has 2 fully saturated rings. The van der Waals surface area contributed by atoms with E-state index in [1.807, 2.05) is 18.3 Å². The van der Waals surface area contributed by atoms with Crippen molar-refractivity contribution in [3.05, 3.63) is 22.8 Å². The molecule has 0 bridgehead atoms. The molecule has 3 rings (SSSR count). The lowest BCUT2D eigenvalue weighted by Gasteiger charge is -2.33. The largest absolute Gasteiger partial charge is 0.381 e. The van der Waals surface area contributed by atoms with Gasteiger partial charge in [-0.25, -0.2) is 4.98 Å². The van der Waals surface area contributed by atoms with Gasteiger partial charge in [0.1, 0.15) is 5.82 Å². The zero-order chi connectivity index (χ0) is 13.8. The molecule has 0 spiro atoms. The van der Waals surface area contributed by atoms with Crippen molar-refractivity contribution in [2.24, 2.45) is 5.92 Å². The minimum atomic E-state index is 0.555. The van der Waals surface area contributed by atoms with Gasteiger partial charge in [0.05, 0.1) is 6.61 Å². The first kappa shape index (κ1) is 14.3. The molecule has 2 aliphatic rings. The SMILES string of the molecule is Brc1ccc(NC2CCN(CC3CCOC3)CC2)nc1. The molecule has 0 aliphatic carbocycles. The Bertz CT molecular complexity index is 412. The maximum absolute atomic E-state index is 5.46. The van der Waals surface area contributed by atoms with Crippen molar-refractivity contribution in [1.29, 1.82) is 0 Å². The van der Waals surface area contributed by atoms with Gasteiger partial charge in [0, 0.05) is 43.0 Å². The van der Waals surface area contributed by atoms with Crippen LogP contribution in [0.4, 0.5) is 5.82 Å². The zero-order valence-electron chi connectivity index (χ0n) is 11.7. The Hall–Kier alpha value is -0.650. The smallest absolute Gasteiger partial charge is 0.126 e. The first-order valence-corrected chi connectivity index (χ1v) is 8.27. The number of pyridine rings is 1. The van der Waals surface area contributed by atoms with Crippen LogP contribution in [0.1, 0.15) is 19.3 Å². The maximum atomic E-state index is 5.46. The molecule has 0 aromatic carbocycles. The number of likely N-dealkylation sites (tertiary alicyclic amines) is 1. The summed E-state index contributed by atoms with van der Waals surface area (Å²) >= 11 is 3.41. The van der Waals surface area contributed by atoms with E-state index < -0.39 is 0 Å². The van der Waals surface area contributed by atoms with Crippen molar-refractivity contribution in [3.8, 4) is 0 Å². The lowest BCUT2D eigenvalue weighted by molar-refractivity contribution is 0.154. The fourth-order valence-corrected chi connectivity index (χ4v) is 3.26. The molecular weight excluding hydrogens is 318 g/mol. The van der Waals surface area contributed by atoms with Crippen molar-refractivity contribution in [2.75, 3.05) is 38.2 Å². The Labute approximate surface area is 129 Å². The first-order chi connectivity index (χ1) is 9.79. The number of ether oxygens (including phenoxy) is 1. The van der Waals surface area contributed by atoms with Gasteiger partial charge >= 0.3 is 0 Å². The van der Waals surface area contributed by atoms with Crippen molar-refractivity contribution in [3.63, 3.8) is 0 Å². The lowest BCUT2D eigenvalue weighted by atomic mass is 10.0. The number of nitrogens with zero attached hydrogens (tertiary/aromatic N) is 2. The van der Waals surface area contributed by atoms with Crippen LogP contribution in [0.15, 0.2) is 22.8 Å². The second kappa shape index (κ2) is 6.87. The van der Waals surface area contributed by atoms with Gasteiger partial charge < -0.3 is 15.0 Å². The Morgan fingerprint density at radius 3 is 2.80 bits per heavy atom. The van der Waals surface area contributed by atoms with Crippen molar-refractivity contribution in [2.45, 2.75) is 25.3 Å². The van der Waals surface area contributed by atoms with E-state index in [2.05, 4.69) is 31.1 Å². The molecule has 0 radical (unpaired) electrons. The van der Waals surface area contributed by atoms with Crippen LogP contribution in [-0.2, 0) is 4.74 Å². The van der Waals surface area contributed by atoms with E-state index in [0.717, 1.165) is 29.4 Å². The van der Waals surface area contributed by atoms with E-state index in [1.54, 1.807) is 0 Å². The molecular formula is C15H22BrN3O. The molecule has 3 heterocycles. The van der Waals surface area contributed by atoms with Crippen LogP contribution in [0.5, 0.6) is 0 Å². The van der Waals surface area contributed by atoms with Crippen LogP contribution >= 0.6 is 15.9 Å². The van der Waals surface area contributed by atoms with E-state index in [4.69, 9.17) is 4.74 Å². The van der Waals surface area contributed by atoms with Gasteiger partial charge in [0.15, 0.2) is 0 Å². The third-order valence-electron chi connectivity index (χ3n) is 4.21. The maximum Gasteiger partial charge on any atom is 0.126 e. The van der Waals surface area contributed by atoms with E-state index >= 15 is 0 Å². The summed E-state index contributed by atoms with van der Waals surface area (Å²) in [5.41, 5.74) is 0. The van der Waals surface area contributed by atoms with Gasteiger partial charge in [-0.2, -0.15) is 0 Å². The van der Waals surface area contributed by atoms with E-state index in [-0.39, 0.29) is 0 Å². The fourth-order valence-electron chi connectivity index (χ4n) is 3.02. The van der Waals surface area contributed by atoms with E-state index in [0.29, 0.717) is 6.04 Å². The summed E-state index contributed by atoms with van der Waals surface area (Å²) in [6.45, 7) is 5.50. The van der Waals surface area contributed by atoms with Crippen LogP contribution < -0.4 is 5.32 Å². The predicted octanol–water partition coefficient (Wildman–Crippen LogP) is 2.76. The summed E-state index contributed by atoms with van der Waals surface area (Å²) in [4.78, 5) is 6.98. The number of hydrogen-bond acceptors (Lipinski definition) is 4. The van der Waals surface area contributed by atoms with E-state index in [1.165, 1.54) is 38.9 Å². The second-order valence-corrected chi connectivity index (χ2v) is 6.73. The second-order valence-electron chi connectivity index (χ2n) is 5.81. The molecule has 20 heavy (non-hydrogen) atoms. The number of anilines is 1. The van der Waals surface area contributed by atoms with Gasteiger partial charge in [0.2, 0.25) is 0 Å². The lowest BCUT2D eigenvalue weighted by Crippen LogP contribution is -2.41. The standard InChI is InChI=1S/C15H22BrN3O/c16-13-1-2-15(17-9-13)18-14-3-6-19(7-4-14)10-12-5-8-20-11-12/h1-2,9,12,14H,3-8,10-11H2,(H,17,18). The Morgan fingerprint density at radius 2 is 2.15 bits per heavy atom. The summed E-state index contributed by atoms with van der Waals surface area (Å²) in [6.07, 6.45) is 5.48. The number of piperidine rings is 1. The van der Waals surface area contributed by atoms with Crippen LogP contribution in [0.3, 0.4) is 0 Å². The molecule has 110 valence electrons. The summed E-state index contributed by atoms with van der Waals surface area (Å²) in [6, 6.07) is 4.62. The van der Waals surface area contributed by atoms with Crippen LogP contribution in [0, 0.1) is 5.92 Å². The summed E-state index contributed by atoms with van der Waals surface area (Å²) in [7, 11) is 0. The molecule has 4 nitrogen and oxygen atoms in total. The molecule has 0 amide bonds. The monoisotopic (exact) mass is 339 g/mol. The van der Waals surface area contributed by atoms with Gasteiger partial charge in [-0.3, -0.25) is 0 Å². The minimum absolute atomic E-state index is 0.555. The summed E-state index contributed by atoms with van der Waals surface area (Å²) < 4.78 is 6.48. The topological polar surface area (TPSA) is 37.4 Å². The van der Waals surface area contributed by atoms with Crippen LogP contribution in [0.25, 0.3) is 0 Å². The third-order valence-corrected chi connectivity index (χ3v) is 4.68. The summed E-state index contributed by atoms with van der Waals surface area (Å²) in [5.74, 6) is 1.74. The molecule has 5 heteroatoms. The molecule has 1 aromatic rings. The molecule has 2 saturated heterocycles. The molecule has 2 aliphatic heterocycles. The van der Waals surface area contributed by atoms with Gasteiger partial charge in [-0.1, -0.05) is 0 Å². The van der Waals surface area contributed by atoms with Crippen molar-refractivity contribution < 1.29 is 4.74 Å². The first-order valence-electron chi connectivity index (χ1n) is 7.48. The highest BCUT2D eigenvalue weighted by Gasteiger charge is 2.23. The van der Waals surface area contributed by atoms with Gasteiger partial charge in [-0.05, 0) is 53.2 Å². The van der Waals surface area contributed by atoms with Crippen molar-refractivity contribution in [1.82, 2.24) is 9.88 Å². The average Bonchev–Trinajstić information content (AvgIpc) is 2.96. The molecule has 1 aromatic heterocycles. The van der Waals surface area contributed by atoms with Crippen molar-refractivity contribution >= 4 is 21.7 Å². The Kier molecular flexibility index (Phi) is 4.91. The fraction of sp³-hybridized carbons (Fsp3) is 0.667. The average molecular weight is 340 g/mol. The van der Waals surface area contributed by atoms with Crippen LogP contribution in [0.2, 0.25) is 0 Å². The Morgan fingerprint density at radius 1 is 1.30 bits per heavy atom. The molecule has 1 atom stereocenters. The van der Waals surface area contributed by atoms with Gasteiger partial charge in [-0.15, -0.1) is 0 Å². The quantitative estimate of drug-likeness (QED) is 0.915. The van der Waals surface area contributed by atoms with E-state index in [9.17, 15) is 0 Å². The predicted molar refractivity (Wildman–Crippen MR) is 83.9 cm³/mol. The number of hydrogen-bond donors (Lipinski definition) is 1.